The molecule has 22 heavy (non-hydrogen) atoms. The van der Waals surface area contributed by atoms with Crippen molar-refractivity contribution in [2.24, 2.45) is 0 Å². The number of anilines is 3. The molecule has 3 heterocycles. The summed E-state index contributed by atoms with van der Waals surface area (Å²) < 4.78 is 0. The third-order valence-electron chi connectivity index (χ3n) is 4.69. The van der Waals surface area contributed by atoms with E-state index in [1.165, 1.54) is 11.3 Å². The summed E-state index contributed by atoms with van der Waals surface area (Å²) >= 11 is 1.38. The number of fused-ring (bicyclic) bond motifs is 2. The molecule has 1 aromatic heterocycles. The normalized spacial score (nSPS) is 24.1. The van der Waals surface area contributed by atoms with Gasteiger partial charge in [0.2, 0.25) is 16.2 Å². The van der Waals surface area contributed by atoms with Crippen LogP contribution in [0.25, 0.3) is 0 Å². The predicted octanol–water partition coefficient (Wildman–Crippen LogP) is 1.63. The second kappa shape index (κ2) is 4.67. The minimum absolute atomic E-state index is 0.177. The molecule has 2 N–H and O–H groups in total. The smallest absolute Gasteiger partial charge is 0.239 e. The van der Waals surface area contributed by atoms with E-state index in [0.29, 0.717) is 11.7 Å². The van der Waals surface area contributed by atoms with E-state index in [4.69, 9.17) is 5.73 Å². The second-order valence-corrected chi connectivity index (χ2v) is 6.90. The van der Waals surface area contributed by atoms with Gasteiger partial charge >= 0.3 is 0 Å². The van der Waals surface area contributed by atoms with E-state index < -0.39 is 5.41 Å². The molecule has 1 spiro atoms. The highest BCUT2D eigenvalue weighted by atomic mass is 32.1. The van der Waals surface area contributed by atoms with Crippen LogP contribution in [0.3, 0.4) is 0 Å². The van der Waals surface area contributed by atoms with Crippen LogP contribution in [0, 0.1) is 0 Å². The number of carbonyl (C=O) groups excluding carboxylic acids is 1. The summed E-state index contributed by atoms with van der Waals surface area (Å²) in [7, 11) is 1.86. The second-order valence-electron chi connectivity index (χ2n) is 5.91. The van der Waals surface area contributed by atoms with Gasteiger partial charge in [-0.3, -0.25) is 4.79 Å². The highest BCUT2D eigenvalue weighted by Gasteiger charge is 2.51. The number of rotatable bonds is 1. The van der Waals surface area contributed by atoms with E-state index in [0.717, 1.165) is 35.8 Å². The maximum Gasteiger partial charge on any atom is 0.239 e. The summed E-state index contributed by atoms with van der Waals surface area (Å²) in [5, 5.41) is 9.30. The van der Waals surface area contributed by atoms with Gasteiger partial charge in [-0.1, -0.05) is 29.5 Å². The van der Waals surface area contributed by atoms with Gasteiger partial charge in [-0.25, -0.2) is 0 Å². The van der Waals surface area contributed by atoms with E-state index in [9.17, 15) is 4.79 Å². The van der Waals surface area contributed by atoms with Crippen molar-refractivity contribution in [1.29, 1.82) is 0 Å². The Labute approximate surface area is 132 Å². The first kappa shape index (κ1) is 13.5. The number of benzene rings is 1. The van der Waals surface area contributed by atoms with Gasteiger partial charge in [-0.05, 0) is 24.5 Å². The number of nitrogens with zero attached hydrogens (tertiary/aromatic N) is 4. The Balaban J connectivity index is 1.76. The molecule has 1 unspecified atom stereocenters. The maximum absolute atomic E-state index is 13.0. The molecule has 1 aromatic carbocycles. The molecule has 114 valence electrons. The van der Waals surface area contributed by atoms with Crippen molar-refractivity contribution in [2.45, 2.75) is 18.3 Å². The molecule has 1 atom stereocenters. The minimum atomic E-state index is -0.468. The molecule has 0 saturated carbocycles. The van der Waals surface area contributed by atoms with Gasteiger partial charge in [0.15, 0.2) is 0 Å². The van der Waals surface area contributed by atoms with Crippen molar-refractivity contribution in [1.82, 2.24) is 10.2 Å². The Morgan fingerprint density at radius 3 is 2.91 bits per heavy atom. The summed E-state index contributed by atoms with van der Waals surface area (Å²) in [6, 6.07) is 8.08. The first-order chi connectivity index (χ1) is 10.6. The van der Waals surface area contributed by atoms with Crippen LogP contribution in [0.2, 0.25) is 0 Å². The summed E-state index contributed by atoms with van der Waals surface area (Å²) in [4.78, 5) is 16.9. The molecule has 0 aliphatic carbocycles. The lowest BCUT2D eigenvalue weighted by molar-refractivity contribution is -0.123. The summed E-state index contributed by atoms with van der Waals surface area (Å²) in [6.07, 6.45) is 1.82. The maximum atomic E-state index is 13.0. The molecular formula is C15H17N5OS. The molecule has 2 aromatic rings. The van der Waals surface area contributed by atoms with E-state index in [1.54, 1.807) is 4.90 Å². The first-order valence-electron chi connectivity index (χ1n) is 7.33. The predicted molar refractivity (Wildman–Crippen MR) is 87.3 cm³/mol. The van der Waals surface area contributed by atoms with Gasteiger partial charge in [0.25, 0.3) is 0 Å². The molecule has 2 aliphatic heterocycles. The van der Waals surface area contributed by atoms with Crippen molar-refractivity contribution < 1.29 is 4.79 Å². The average molecular weight is 315 g/mol. The van der Waals surface area contributed by atoms with Gasteiger partial charge in [0.05, 0.1) is 5.41 Å². The highest BCUT2D eigenvalue weighted by molar-refractivity contribution is 7.18. The molecule has 6 nitrogen and oxygen atoms in total. The number of likely N-dealkylation sites (N-methyl/N-ethyl adjacent to an activating group) is 1. The van der Waals surface area contributed by atoms with Crippen LogP contribution >= 0.6 is 11.3 Å². The van der Waals surface area contributed by atoms with E-state index >= 15 is 0 Å². The lowest BCUT2D eigenvalue weighted by atomic mass is 9.75. The molecule has 7 heteroatoms. The quantitative estimate of drug-likeness (QED) is 0.866. The number of nitrogens with two attached hydrogens (primary N) is 1. The topological polar surface area (TPSA) is 75.4 Å². The Bertz CT molecular complexity index is 745. The molecular weight excluding hydrogens is 298 g/mol. The van der Waals surface area contributed by atoms with Crippen molar-refractivity contribution in [3.8, 4) is 0 Å². The fraction of sp³-hybridized carbons (Fsp3) is 0.400. The van der Waals surface area contributed by atoms with Crippen LogP contribution in [0.5, 0.6) is 0 Å². The number of hydrogen-bond donors (Lipinski definition) is 1. The first-order valence-corrected chi connectivity index (χ1v) is 8.15. The van der Waals surface area contributed by atoms with Gasteiger partial charge in [0, 0.05) is 25.8 Å². The largest absolute Gasteiger partial charge is 0.374 e. The van der Waals surface area contributed by atoms with Gasteiger partial charge in [0.1, 0.15) is 0 Å². The standard InChI is InChI=1S/C15H17N5OS/c1-19-11-6-3-2-5-10(11)15(12(19)21)7-4-8-20(9-15)14-18-17-13(16)22-14/h2-3,5-6H,4,7-9H2,1H3,(H2,16,17). The monoisotopic (exact) mass is 315 g/mol. The Kier molecular flexibility index (Phi) is 2.87. The SMILES string of the molecule is CN1C(=O)C2(CCCN(c3nnc(N)s3)C2)c2ccccc21. The molecule has 4 rings (SSSR count). The lowest BCUT2D eigenvalue weighted by Gasteiger charge is -2.39. The van der Waals surface area contributed by atoms with Crippen LogP contribution in [0.4, 0.5) is 16.0 Å². The molecule has 1 fully saturated rings. The molecule has 1 saturated heterocycles. The van der Waals surface area contributed by atoms with Gasteiger partial charge < -0.3 is 15.5 Å². The zero-order valence-electron chi connectivity index (χ0n) is 12.3. The average Bonchev–Trinajstić information content (AvgIpc) is 3.06. The zero-order chi connectivity index (χ0) is 15.3. The minimum Gasteiger partial charge on any atom is -0.374 e. The third-order valence-corrected chi connectivity index (χ3v) is 5.50. The zero-order valence-corrected chi connectivity index (χ0v) is 13.1. The van der Waals surface area contributed by atoms with E-state index in [1.807, 2.05) is 25.2 Å². The third kappa shape index (κ3) is 1.75. The Morgan fingerprint density at radius 2 is 2.14 bits per heavy atom. The highest BCUT2D eigenvalue weighted by Crippen LogP contribution is 2.47. The van der Waals surface area contributed by atoms with Crippen LogP contribution in [0.15, 0.2) is 24.3 Å². The van der Waals surface area contributed by atoms with Crippen molar-refractivity contribution in [3.05, 3.63) is 29.8 Å². The summed E-state index contributed by atoms with van der Waals surface area (Å²) in [5.41, 5.74) is 7.38. The van der Waals surface area contributed by atoms with Crippen molar-refractivity contribution in [3.63, 3.8) is 0 Å². The molecule has 0 radical (unpaired) electrons. The van der Waals surface area contributed by atoms with Gasteiger partial charge in [-0.2, -0.15) is 0 Å². The van der Waals surface area contributed by atoms with Crippen molar-refractivity contribution >= 4 is 33.2 Å². The molecule has 0 bridgehead atoms. The summed E-state index contributed by atoms with van der Waals surface area (Å²) in [5.74, 6) is 0.177. The number of para-hydroxylation sites is 1. The number of aromatic nitrogens is 2. The number of piperidine rings is 1. The van der Waals surface area contributed by atoms with Crippen LogP contribution < -0.4 is 15.5 Å². The van der Waals surface area contributed by atoms with Gasteiger partial charge in [-0.15, -0.1) is 10.2 Å². The fourth-order valence-electron chi connectivity index (χ4n) is 3.68. The van der Waals surface area contributed by atoms with Crippen LogP contribution in [-0.4, -0.2) is 36.2 Å². The van der Waals surface area contributed by atoms with Crippen LogP contribution in [-0.2, 0) is 10.2 Å². The fourth-order valence-corrected chi connectivity index (χ4v) is 4.32. The van der Waals surface area contributed by atoms with Crippen molar-refractivity contribution in [2.75, 3.05) is 35.7 Å². The van der Waals surface area contributed by atoms with E-state index in [2.05, 4.69) is 21.2 Å². The lowest BCUT2D eigenvalue weighted by Crippen LogP contribution is -2.51. The van der Waals surface area contributed by atoms with E-state index in [-0.39, 0.29) is 5.91 Å². The summed E-state index contributed by atoms with van der Waals surface area (Å²) in [6.45, 7) is 1.53. The number of nitrogen functional groups attached to an aromatic ring is 1. The van der Waals surface area contributed by atoms with Crippen LogP contribution in [0.1, 0.15) is 18.4 Å². The number of carbonyl (C=O) groups is 1. The Hall–Kier alpha value is -2.15. The number of amides is 1. The molecule has 2 aliphatic rings. The molecule has 1 amide bonds. The number of hydrogen-bond acceptors (Lipinski definition) is 6. The Morgan fingerprint density at radius 1 is 1.32 bits per heavy atom.